The highest BCUT2D eigenvalue weighted by Gasteiger charge is 2.10. The molecule has 3 aromatic rings. The van der Waals surface area contributed by atoms with Gasteiger partial charge in [0.1, 0.15) is 0 Å². The van der Waals surface area contributed by atoms with Crippen molar-refractivity contribution in [3.05, 3.63) is 85.7 Å². The van der Waals surface area contributed by atoms with Crippen LogP contribution in [-0.4, -0.2) is 16.7 Å². The van der Waals surface area contributed by atoms with Crippen LogP contribution >= 0.6 is 34.2 Å². The Hall–Kier alpha value is -2.12. The predicted octanol–water partition coefficient (Wildman–Crippen LogP) is 5.12. The number of amides is 1. The maximum absolute atomic E-state index is 12.2. The number of nitrogens with one attached hydrogen (secondary N) is 1. The Balaban J connectivity index is 1.79. The first-order valence-electron chi connectivity index (χ1n) is 8.00. The number of carbonyl (C=O) groups excluding carboxylic acids is 1. The molecule has 6 heteroatoms. The number of carbonyl (C=O) groups is 1. The second-order valence-corrected chi connectivity index (χ2v) is 7.47. The van der Waals surface area contributed by atoms with Crippen LogP contribution in [0.4, 0.5) is 0 Å². The Morgan fingerprint density at radius 1 is 1.15 bits per heavy atom. The molecule has 0 saturated carbocycles. The summed E-state index contributed by atoms with van der Waals surface area (Å²) in [6.45, 7) is 4.08. The maximum Gasteiger partial charge on any atom is 0.272 e. The quantitative estimate of drug-likeness (QED) is 0.317. The molecule has 0 saturated heterocycles. The van der Waals surface area contributed by atoms with Crippen molar-refractivity contribution in [1.82, 2.24) is 9.99 Å². The minimum Gasteiger partial charge on any atom is -0.318 e. The number of nitrogens with zero attached hydrogens (tertiary/aromatic N) is 2. The first-order valence-corrected chi connectivity index (χ1v) is 9.46. The second-order valence-electron chi connectivity index (χ2n) is 5.82. The van der Waals surface area contributed by atoms with Crippen LogP contribution in [-0.2, 0) is 0 Å². The third kappa shape index (κ3) is 3.99. The van der Waals surface area contributed by atoms with Gasteiger partial charge in [-0.05, 0) is 78.9 Å². The van der Waals surface area contributed by atoms with E-state index in [0.717, 1.165) is 22.6 Å². The summed E-state index contributed by atoms with van der Waals surface area (Å²) >= 11 is 8.32. The number of hydrogen-bond donors (Lipinski definition) is 1. The highest BCUT2D eigenvalue weighted by atomic mass is 127. The highest BCUT2D eigenvalue weighted by molar-refractivity contribution is 14.1. The zero-order chi connectivity index (χ0) is 18.7. The minimum atomic E-state index is -0.335. The zero-order valence-corrected chi connectivity index (χ0v) is 17.2. The summed E-state index contributed by atoms with van der Waals surface area (Å²) in [4.78, 5) is 12.2. The third-order valence-corrected chi connectivity index (χ3v) is 5.09. The van der Waals surface area contributed by atoms with Crippen molar-refractivity contribution >= 4 is 46.3 Å². The molecular weight excluding hydrogens is 461 g/mol. The van der Waals surface area contributed by atoms with Gasteiger partial charge in [0.2, 0.25) is 0 Å². The van der Waals surface area contributed by atoms with Gasteiger partial charge in [-0.3, -0.25) is 4.79 Å². The molecule has 0 aliphatic heterocycles. The van der Waals surface area contributed by atoms with Gasteiger partial charge in [0.25, 0.3) is 5.91 Å². The SMILES string of the molecule is Cc1cc(/C=N\NC(=O)c2ccccc2Cl)c(C)n1-c1ccc(I)cc1. The molecule has 0 spiro atoms. The Morgan fingerprint density at radius 3 is 2.54 bits per heavy atom. The van der Waals surface area contributed by atoms with E-state index in [-0.39, 0.29) is 5.91 Å². The fraction of sp³-hybridized carbons (Fsp3) is 0.100. The standard InChI is InChI=1S/C20H17ClIN3O/c1-13-11-15(14(2)25(13)17-9-7-16(22)8-10-17)12-23-24-20(26)18-5-3-4-6-19(18)21/h3-12H,1-2H3,(H,24,26)/b23-12-. The van der Waals surface area contributed by atoms with Crippen molar-refractivity contribution in [3.8, 4) is 5.69 Å². The largest absolute Gasteiger partial charge is 0.318 e. The van der Waals surface area contributed by atoms with Gasteiger partial charge < -0.3 is 4.57 Å². The molecule has 0 atom stereocenters. The lowest BCUT2D eigenvalue weighted by atomic mass is 10.2. The van der Waals surface area contributed by atoms with Crippen molar-refractivity contribution in [3.63, 3.8) is 0 Å². The summed E-state index contributed by atoms with van der Waals surface area (Å²) in [7, 11) is 0. The number of aryl methyl sites for hydroxylation is 1. The predicted molar refractivity (Wildman–Crippen MR) is 114 cm³/mol. The average Bonchev–Trinajstić information content (AvgIpc) is 2.90. The normalized spacial score (nSPS) is 11.1. The van der Waals surface area contributed by atoms with E-state index < -0.39 is 0 Å². The van der Waals surface area contributed by atoms with Crippen LogP contribution in [0.5, 0.6) is 0 Å². The lowest BCUT2D eigenvalue weighted by Crippen LogP contribution is -2.18. The molecule has 1 aromatic heterocycles. The lowest BCUT2D eigenvalue weighted by Gasteiger charge is -2.09. The number of aromatic nitrogens is 1. The summed E-state index contributed by atoms with van der Waals surface area (Å²) < 4.78 is 3.35. The summed E-state index contributed by atoms with van der Waals surface area (Å²) in [5, 5.41) is 4.48. The van der Waals surface area contributed by atoms with E-state index in [4.69, 9.17) is 11.6 Å². The molecule has 3 rings (SSSR count). The lowest BCUT2D eigenvalue weighted by molar-refractivity contribution is 0.0955. The fourth-order valence-electron chi connectivity index (χ4n) is 2.77. The van der Waals surface area contributed by atoms with E-state index in [1.54, 1.807) is 30.5 Å². The van der Waals surface area contributed by atoms with Gasteiger partial charge in [0, 0.05) is 26.2 Å². The second kappa shape index (κ2) is 8.05. The molecular formula is C20H17ClIN3O. The van der Waals surface area contributed by atoms with Crippen molar-refractivity contribution in [1.29, 1.82) is 0 Å². The summed E-state index contributed by atoms with van der Waals surface area (Å²) in [5.41, 5.74) is 7.12. The Kier molecular flexibility index (Phi) is 5.78. The molecule has 1 amide bonds. The van der Waals surface area contributed by atoms with Gasteiger partial charge in [-0.15, -0.1) is 0 Å². The molecule has 0 aliphatic rings. The van der Waals surface area contributed by atoms with E-state index in [0.29, 0.717) is 10.6 Å². The topological polar surface area (TPSA) is 46.4 Å². The third-order valence-electron chi connectivity index (χ3n) is 4.04. The number of halogens is 2. The van der Waals surface area contributed by atoms with Crippen LogP contribution in [0.1, 0.15) is 27.3 Å². The summed E-state index contributed by atoms with van der Waals surface area (Å²) in [6, 6.07) is 17.2. The highest BCUT2D eigenvalue weighted by Crippen LogP contribution is 2.20. The van der Waals surface area contributed by atoms with E-state index in [1.165, 1.54) is 3.57 Å². The number of hydrogen-bond acceptors (Lipinski definition) is 2. The molecule has 0 radical (unpaired) electrons. The van der Waals surface area contributed by atoms with E-state index in [2.05, 4.69) is 62.0 Å². The average molecular weight is 478 g/mol. The molecule has 0 unspecified atom stereocenters. The van der Waals surface area contributed by atoms with Crippen LogP contribution in [0, 0.1) is 17.4 Å². The molecule has 132 valence electrons. The molecule has 0 bridgehead atoms. The molecule has 0 fully saturated rings. The van der Waals surface area contributed by atoms with Gasteiger partial charge >= 0.3 is 0 Å². The Morgan fingerprint density at radius 2 is 1.85 bits per heavy atom. The van der Waals surface area contributed by atoms with Crippen molar-refractivity contribution in [2.45, 2.75) is 13.8 Å². The molecule has 0 aliphatic carbocycles. The van der Waals surface area contributed by atoms with Crippen LogP contribution in [0.25, 0.3) is 5.69 Å². The van der Waals surface area contributed by atoms with Gasteiger partial charge in [0.05, 0.1) is 16.8 Å². The number of hydrazone groups is 1. The molecule has 4 nitrogen and oxygen atoms in total. The van der Waals surface area contributed by atoms with E-state index >= 15 is 0 Å². The first kappa shape index (κ1) is 18.7. The summed E-state index contributed by atoms with van der Waals surface area (Å²) in [5.74, 6) is -0.335. The fourth-order valence-corrected chi connectivity index (χ4v) is 3.35. The van der Waals surface area contributed by atoms with Crippen LogP contribution in [0.3, 0.4) is 0 Å². The molecule has 1 N–H and O–H groups in total. The molecule has 1 heterocycles. The zero-order valence-electron chi connectivity index (χ0n) is 14.3. The van der Waals surface area contributed by atoms with E-state index in [9.17, 15) is 4.79 Å². The Bertz CT molecular complexity index is 977. The van der Waals surface area contributed by atoms with Gasteiger partial charge in [-0.2, -0.15) is 5.10 Å². The molecule has 26 heavy (non-hydrogen) atoms. The maximum atomic E-state index is 12.2. The monoisotopic (exact) mass is 477 g/mol. The first-order chi connectivity index (χ1) is 12.5. The Labute approximate surface area is 171 Å². The van der Waals surface area contributed by atoms with Crippen LogP contribution in [0.2, 0.25) is 5.02 Å². The van der Waals surface area contributed by atoms with E-state index in [1.807, 2.05) is 19.9 Å². The number of benzene rings is 2. The van der Waals surface area contributed by atoms with Crippen molar-refractivity contribution in [2.75, 3.05) is 0 Å². The minimum absolute atomic E-state index is 0.335. The van der Waals surface area contributed by atoms with Crippen molar-refractivity contribution in [2.24, 2.45) is 5.10 Å². The smallest absolute Gasteiger partial charge is 0.272 e. The van der Waals surface area contributed by atoms with Crippen molar-refractivity contribution < 1.29 is 4.79 Å². The van der Waals surface area contributed by atoms with Crippen LogP contribution < -0.4 is 5.43 Å². The van der Waals surface area contributed by atoms with Gasteiger partial charge in [0.15, 0.2) is 0 Å². The van der Waals surface area contributed by atoms with Gasteiger partial charge in [-0.25, -0.2) is 5.43 Å². The molecule has 2 aromatic carbocycles. The van der Waals surface area contributed by atoms with Crippen LogP contribution in [0.15, 0.2) is 59.7 Å². The van der Waals surface area contributed by atoms with Gasteiger partial charge in [-0.1, -0.05) is 23.7 Å². The number of rotatable bonds is 4. The summed E-state index contributed by atoms with van der Waals surface area (Å²) in [6.07, 6.45) is 1.65.